The van der Waals surface area contributed by atoms with Crippen molar-refractivity contribution in [1.29, 1.82) is 0 Å². The van der Waals surface area contributed by atoms with Gasteiger partial charge >= 0.3 is 6.18 Å². The molecule has 3 aromatic heterocycles. The fourth-order valence-corrected chi connectivity index (χ4v) is 6.00. The van der Waals surface area contributed by atoms with Crippen molar-refractivity contribution >= 4 is 78.6 Å². The maximum absolute atomic E-state index is 13.7. The van der Waals surface area contributed by atoms with Crippen molar-refractivity contribution in [3.63, 3.8) is 0 Å². The summed E-state index contributed by atoms with van der Waals surface area (Å²) in [7, 11) is 0. The van der Waals surface area contributed by atoms with Crippen LogP contribution in [0.25, 0.3) is 0 Å². The highest BCUT2D eigenvalue weighted by Gasteiger charge is 2.40. The molecule has 1 N–H and O–H groups in total. The monoisotopic (exact) mass is 597 g/mol. The molecule has 0 spiro atoms. The molecule has 0 saturated heterocycles. The summed E-state index contributed by atoms with van der Waals surface area (Å²) in [5.41, 5.74) is 0.945. The number of thiophene rings is 2. The molecule has 0 aliphatic heterocycles. The second-order valence-electron chi connectivity index (χ2n) is 8.22. The minimum atomic E-state index is -4.86. The van der Waals surface area contributed by atoms with Gasteiger partial charge in [0.25, 0.3) is 0 Å². The zero-order valence-electron chi connectivity index (χ0n) is 20.5. The van der Waals surface area contributed by atoms with E-state index in [1.54, 1.807) is 36.4 Å². The zero-order valence-corrected chi connectivity index (χ0v) is 23.0. The fourth-order valence-electron chi connectivity index (χ4n) is 3.74. The van der Waals surface area contributed by atoms with Gasteiger partial charge in [-0.3, -0.25) is 9.59 Å². The maximum Gasteiger partial charge on any atom is 0.435 e. The molecule has 0 saturated carbocycles. The highest BCUT2D eigenvalue weighted by molar-refractivity contribution is 7.17. The van der Waals surface area contributed by atoms with Gasteiger partial charge in [0.2, 0.25) is 16.8 Å². The van der Waals surface area contributed by atoms with Crippen LogP contribution >= 0.6 is 34.0 Å². The number of hydrogen-bond acceptors (Lipinski definition) is 9. The number of benzene rings is 2. The van der Waals surface area contributed by atoms with Crippen molar-refractivity contribution in [3.8, 4) is 0 Å². The van der Waals surface area contributed by atoms with Crippen LogP contribution in [0.1, 0.15) is 27.9 Å². The molecule has 0 aliphatic carbocycles. The third kappa shape index (κ3) is 6.01. The highest BCUT2D eigenvalue weighted by Crippen LogP contribution is 2.42. The topological polar surface area (TPSA) is 87.0 Å². The van der Waals surface area contributed by atoms with E-state index in [1.807, 2.05) is 39.2 Å². The van der Waals surface area contributed by atoms with E-state index in [2.05, 4.69) is 20.5 Å². The first-order valence-electron chi connectivity index (χ1n) is 11.6. The molecular weight excluding hydrogens is 580 g/mol. The van der Waals surface area contributed by atoms with Gasteiger partial charge in [0, 0.05) is 23.6 Å². The second-order valence-corrected chi connectivity index (χ2v) is 10.9. The average molecular weight is 598 g/mol. The normalized spacial score (nSPS) is 11.6. The number of alkyl halides is 3. The van der Waals surface area contributed by atoms with Gasteiger partial charge in [0.15, 0.2) is 5.69 Å². The van der Waals surface area contributed by atoms with Crippen LogP contribution in [0.15, 0.2) is 93.1 Å². The fraction of sp³-hybridized carbons (Fsp3) is 0.0741. The molecule has 0 unspecified atom stereocenters. The van der Waals surface area contributed by atoms with E-state index in [9.17, 15) is 22.8 Å². The summed E-state index contributed by atoms with van der Waals surface area (Å²) in [5.74, 6) is -1.17. The number of nitrogens with zero attached hydrogens (tertiary/aromatic N) is 4. The molecule has 13 heteroatoms. The number of azo groups is 1. The van der Waals surface area contributed by atoms with E-state index in [-0.39, 0.29) is 22.3 Å². The first kappa shape index (κ1) is 27.4. The molecule has 5 aromatic rings. The third-order valence-electron chi connectivity index (χ3n) is 5.41. The Labute approximate surface area is 238 Å². The predicted molar refractivity (Wildman–Crippen MR) is 152 cm³/mol. The molecule has 0 aliphatic rings. The minimum Gasteiger partial charge on any atom is -0.324 e. The van der Waals surface area contributed by atoms with Crippen molar-refractivity contribution in [1.82, 2.24) is 4.98 Å². The van der Waals surface area contributed by atoms with E-state index in [1.165, 1.54) is 41.7 Å². The molecule has 0 atom stereocenters. The molecular formula is C27H18F3N5O2S3. The molecule has 0 fully saturated rings. The lowest BCUT2D eigenvalue weighted by Crippen LogP contribution is -2.12. The van der Waals surface area contributed by atoms with Gasteiger partial charge in [-0.1, -0.05) is 41.7 Å². The molecule has 0 radical (unpaired) electrons. The van der Waals surface area contributed by atoms with Gasteiger partial charge in [-0.25, -0.2) is 4.98 Å². The number of hydrogen-bond donors (Lipinski definition) is 1. The van der Waals surface area contributed by atoms with Gasteiger partial charge in [0.05, 0.1) is 16.4 Å². The first-order valence-corrected chi connectivity index (χ1v) is 14.2. The SMILES string of the molecule is CC(=O)Nc1cc(N(c2ccsc2)c2cccs2)ccc1N=Nc1nc(C(F)(F)F)c(C(=O)c2ccccc2)s1. The average Bonchev–Trinajstić information content (AvgIpc) is 3.71. The van der Waals surface area contributed by atoms with Crippen LogP contribution in [0.2, 0.25) is 0 Å². The van der Waals surface area contributed by atoms with Crippen molar-refractivity contribution in [2.45, 2.75) is 13.1 Å². The molecule has 202 valence electrons. The van der Waals surface area contributed by atoms with Crippen LogP contribution < -0.4 is 10.2 Å². The van der Waals surface area contributed by atoms with Crippen molar-refractivity contribution in [3.05, 3.63) is 99.0 Å². The lowest BCUT2D eigenvalue weighted by Gasteiger charge is -2.23. The predicted octanol–water partition coefficient (Wildman–Crippen LogP) is 9.36. The summed E-state index contributed by atoms with van der Waals surface area (Å²) in [6.07, 6.45) is -4.86. The smallest absolute Gasteiger partial charge is 0.324 e. The number of carbonyl (C=O) groups is 2. The Hall–Kier alpha value is -4.20. The van der Waals surface area contributed by atoms with Gasteiger partial charge in [-0.2, -0.15) is 24.5 Å². The van der Waals surface area contributed by atoms with E-state index < -0.39 is 22.5 Å². The molecule has 2 aromatic carbocycles. The van der Waals surface area contributed by atoms with Crippen LogP contribution in [0.3, 0.4) is 0 Å². The van der Waals surface area contributed by atoms with E-state index in [4.69, 9.17) is 0 Å². The highest BCUT2D eigenvalue weighted by atomic mass is 32.1. The number of amides is 1. The zero-order chi connectivity index (χ0) is 28.3. The van der Waals surface area contributed by atoms with Gasteiger partial charge in [0.1, 0.15) is 10.6 Å². The molecule has 0 bridgehead atoms. The summed E-state index contributed by atoms with van der Waals surface area (Å²) in [6.45, 7) is 1.33. The lowest BCUT2D eigenvalue weighted by atomic mass is 10.1. The Morgan fingerprint density at radius 2 is 1.75 bits per heavy atom. The summed E-state index contributed by atoms with van der Waals surface area (Å²) in [4.78, 5) is 29.8. The largest absolute Gasteiger partial charge is 0.435 e. The minimum absolute atomic E-state index is 0.101. The van der Waals surface area contributed by atoms with Gasteiger partial charge in [-0.15, -0.1) is 21.6 Å². The van der Waals surface area contributed by atoms with Crippen LogP contribution in [-0.2, 0) is 11.0 Å². The summed E-state index contributed by atoms with van der Waals surface area (Å²) in [5, 5.41) is 17.2. The number of aromatic nitrogens is 1. The number of nitrogens with one attached hydrogen (secondary N) is 1. The molecule has 3 heterocycles. The summed E-state index contributed by atoms with van der Waals surface area (Å²) < 4.78 is 41.2. The molecule has 7 nitrogen and oxygen atoms in total. The van der Waals surface area contributed by atoms with E-state index in [0.717, 1.165) is 16.4 Å². The second kappa shape index (κ2) is 11.5. The van der Waals surface area contributed by atoms with Crippen LogP contribution in [-0.4, -0.2) is 16.7 Å². The Morgan fingerprint density at radius 1 is 0.950 bits per heavy atom. The number of rotatable bonds is 8. The maximum atomic E-state index is 13.7. The van der Waals surface area contributed by atoms with Crippen LogP contribution in [0.4, 0.5) is 46.1 Å². The quantitative estimate of drug-likeness (QED) is 0.143. The molecule has 5 rings (SSSR count). The van der Waals surface area contributed by atoms with Crippen LogP contribution in [0, 0.1) is 0 Å². The summed E-state index contributed by atoms with van der Waals surface area (Å²) in [6, 6.07) is 18.6. The van der Waals surface area contributed by atoms with Gasteiger partial charge in [-0.05, 0) is 47.2 Å². The number of ketones is 1. The standard InChI is InChI=1S/C27H18F3N5O2S3/c1-16(36)31-21-14-18(35(19-11-13-38-15-19)22-8-5-12-39-22)9-10-20(21)33-34-26-32-25(27(28,29)30)24(40-26)23(37)17-6-3-2-4-7-17/h2-15H,1H3,(H,31,36). The third-order valence-corrected chi connectivity index (χ3v) is 7.87. The Balaban J connectivity index is 1.52. The Morgan fingerprint density at radius 3 is 2.40 bits per heavy atom. The Bertz CT molecular complexity index is 1630. The number of anilines is 4. The first-order chi connectivity index (χ1) is 19.2. The molecule has 1 amide bonds. The lowest BCUT2D eigenvalue weighted by molar-refractivity contribution is -0.141. The van der Waals surface area contributed by atoms with Crippen LogP contribution in [0.5, 0.6) is 0 Å². The van der Waals surface area contributed by atoms with Gasteiger partial charge < -0.3 is 10.2 Å². The number of halogens is 3. The number of thiazole rings is 1. The van der Waals surface area contributed by atoms with E-state index in [0.29, 0.717) is 17.0 Å². The van der Waals surface area contributed by atoms with E-state index >= 15 is 0 Å². The number of carbonyl (C=O) groups excluding carboxylic acids is 2. The Kier molecular flexibility index (Phi) is 7.87. The van der Waals surface area contributed by atoms with Crippen molar-refractivity contribution in [2.24, 2.45) is 10.2 Å². The summed E-state index contributed by atoms with van der Waals surface area (Å²) >= 11 is 3.57. The molecule has 40 heavy (non-hydrogen) atoms. The van der Waals surface area contributed by atoms with Crippen molar-refractivity contribution < 1.29 is 22.8 Å². The van der Waals surface area contributed by atoms with Crippen molar-refractivity contribution in [2.75, 3.05) is 10.2 Å².